The Balaban J connectivity index is 1.48. The number of carbonyl (C=O) groups excluding carboxylic acids is 3. The molecular formula is C21H23N3O6. The minimum atomic E-state index is -0.539. The SMILES string of the molecule is COc1ccc(/C=C/C(=O)NNC(=O)C2CC(=O)N(Cc3ccco3)C2)cc1OC. The van der Waals surface area contributed by atoms with E-state index in [0.29, 0.717) is 23.8 Å². The van der Waals surface area contributed by atoms with Crippen LogP contribution in [-0.4, -0.2) is 43.4 Å². The molecule has 1 fully saturated rings. The number of hydrogen-bond donors (Lipinski definition) is 2. The van der Waals surface area contributed by atoms with Crippen molar-refractivity contribution in [3.63, 3.8) is 0 Å². The monoisotopic (exact) mass is 413 g/mol. The standard InChI is InChI=1S/C21H23N3O6/c1-28-17-7-5-14(10-18(17)29-2)6-8-19(25)22-23-21(27)15-11-20(26)24(12-15)13-16-4-3-9-30-16/h3-10,15H,11-13H2,1-2H3,(H,22,25)(H,23,27)/b8-6+. The number of amides is 3. The van der Waals surface area contributed by atoms with Crippen LogP contribution in [0, 0.1) is 5.92 Å². The van der Waals surface area contributed by atoms with Crippen LogP contribution in [0.3, 0.4) is 0 Å². The van der Waals surface area contributed by atoms with Crippen LogP contribution in [0.5, 0.6) is 11.5 Å². The predicted octanol–water partition coefficient (Wildman–Crippen LogP) is 1.51. The van der Waals surface area contributed by atoms with Gasteiger partial charge in [0.2, 0.25) is 11.8 Å². The van der Waals surface area contributed by atoms with E-state index < -0.39 is 17.7 Å². The van der Waals surface area contributed by atoms with Crippen molar-refractivity contribution in [2.45, 2.75) is 13.0 Å². The van der Waals surface area contributed by atoms with Gasteiger partial charge in [-0.2, -0.15) is 0 Å². The zero-order valence-corrected chi connectivity index (χ0v) is 16.7. The van der Waals surface area contributed by atoms with E-state index in [-0.39, 0.29) is 18.9 Å². The molecule has 9 heteroatoms. The molecule has 9 nitrogen and oxygen atoms in total. The van der Waals surface area contributed by atoms with Crippen LogP contribution in [0.4, 0.5) is 0 Å². The number of likely N-dealkylation sites (tertiary alicyclic amines) is 1. The summed E-state index contributed by atoms with van der Waals surface area (Å²) >= 11 is 0. The highest BCUT2D eigenvalue weighted by Crippen LogP contribution is 2.28. The molecule has 1 aromatic carbocycles. The molecule has 2 heterocycles. The molecule has 3 rings (SSSR count). The highest BCUT2D eigenvalue weighted by Gasteiger charge is 2.34. The van der Waals surface area contributed by atoms with Crippen LogP contribution in [0.25, 0.3) is 6.08 Å². The third-order valence-electron chi connectivity index (χ3n) is 4.66. The largest absolute Gasteiger partial charge is 0.493 e. The van der Waals surface area contributed by atoms with Crippen LogP contribution in [0.1, 0.15) is 17.7 Å². The lowest BCUT2D eigenvalue weighted by Gasteiger charge is -2.15. The molecule has 1 saturated heterocycles. The summed E-state index contributed by atoms with van der Waals surface area (Å²) in [4.78, 5) is 37.9. The van der Waals surface area contributed by atoms with Crippen molar-refractivity contribution in [2.75, 3.05) is 20.8 Å². The van der Waals surface area contributed by atoms with E-state index in [9.17, 15) is 14.4 Å². The van der Waals surface area contributed by atoms with Gasteiger partial charge in [0, 0.05) is 19.0 Å². The van der Waals surface area contributed by atoms with Gasteiger partial charge in [-0.1, -0.05) is 6.07 Å². The van der Waals surface area contributed by atoms with Crippen LogP contribution in [0.15, 0.2) is 47.1 Å². The van der Waals surface area contributed by atoms with Gasteiger partial charge in [0.1, 0.15) is 5.76 Å². The normalized spacial score (nSPS) is 16.0. The Morgan fingerprint density at radius 2 is 2.00 bits per heavy atom. The van der Waals surface area contributed by atoms with Crippen LogP contribution in [0.2, 0.25) is 0 Å². The Kier molecular flexibility index (Phi) is 6.74. The van der Waals surface area contributed by atoms with E-state index in [2.05, 4.69) is 10.9 Å². The van der Waals surface area contributed by atoms with Crippen molar-refractivity contribution in [1.29, 1.82) is 0 Å². The minimum absolute atomic E-state index is 0.0872. The molecule has 2 aromatic rings. The first-order valence-electron chi connectivity index (χ1n) is 9.30. The second-order valence-corrected chi connectivity index (χ2v) is 6.68. The smallest absolute Gasteiger partial charge is 0.262 e. The number of methoxy groups -OCH3 is 2. The van der Waals surface area contributed by atoms with E-state index in [1.54, 1.807) is 41.3 Å². The fraction of sp³-hybridized carbons (Fsp3) is 0.286. The van der Waals surface area contributed by atoms with E-state index in [1.165, 1.54) is 26.6 Å². The fourth-order valence-corrected chi connectivity index (χ4v) is 3.09. The molecule has 1 atom stereocenters. The summed E-state index contributed by atoms with van der Waals surface area (Å²) < 4.78 is 15.6. The first-order valence-corrected chi connectivity index (χ1v) is 9.30. The molecule has 1 aliphatic heterocycles. The van der Waals surface area contributed by atoms with Crippen molar-refractivity contribution in [1.82, 2.24) is 15.8 Å². The van der Waals surface area contributed by atoms with Crippen molar-refractivity contribution in [3.05, 3.63) is 54.0 Å². The molecule has 1 aliphatic rings. The molecule has 158 valence electrons. The van der Waals surface area contributed by atoms with Gasteiger partial charge in [-0.3, -0.25) is 25.2 Å². The van der Waals surface area contributed by atoms with Gasteiger partial charge in [-0.25, -0.2) is 0 Å². The molecule has 0 aliphatic carbocycles. The maximum Gasteiger partial charge on any atom is 0.262 e. The van der Waals surface area contributed by atoms with Crippen molar-refractivity contribution in [3.8, 4) is 11.5 Å². The lowest BCUT2D eigenvalue weighted by Crippen LogP contribution is -2.44. The first-order chi connectivity index (χ1) is 14.5. The topological polar surface area (TPSA) is 110 Å². The van der Waals surface area contributed by atoms with Gasteiger partial charge in [0.25, 0.3) is 5.91 Å². The van der Waals surface area contributed by atoms with Gasteiger partial charge >= 0.3 is 0 Å². The first kappa shape index (κ1) is 21.0. The molecule has 2 N–H and O–H groups in total. The maximum atomic E-state index is 12.3. The number of nitrogens with one attached hydrogen (secondary N) is 2. The Labute approximate surface area is 173 Å². The third-order valence-corrected chi connectivity index (χ3v) is 4.66. The molecule has 0 saturated carbocycles. The molecular weight excluding hydrogens is 390 g/mol. The Hall–Kier alpha value is -3.75. The Morgan fingerprint density at radius 1 is 1.20 bits per heavy atom. The van der Waals surface area contributed by atoms with Gasteiger partial charge in [0.15, 0.2) is 11.5 Å². The summed E-state index contributed by atoms with van der Waals surface area (Å²) in [6.45, 7) is 0.582. The van der Waals surface area contributed by atoms with Gasteiger partial charge in [0.05, 0.1) is 32.9 Å². The molecule has 0 spiro atoms. The maximum absolute atomic E-state index is 12.3. The van der Waals surface area contributed by atoms with E-state index in [4.69, 9.17) is 13.9 Å². The summed E-state index contributed by atoms with van der Waals surface area (Å²) in [5, 5.41) is 0. The van der Waals surface area contributed by atoms with Crippen LogP contribution in [-0.2, 0) is 20.9 Å². The number of ether oxygens (including phenoxy) is 2. The fourth-order valence-electron chi connectivity index (χ4n) is 3.09. The van der Waals surface area contributed by atoms with Crippen molar-refractivity contribution < 1.29 is 28.3 Å². The summed E-state index contributed by atoms with van der Waals surface area (Å²) in [5.41, 5.74) is 5.42. The molecule has 3 amide bonds. The highest BCUT2D eigenvalue weighted by molar-refractivity contribution is 5.94. The number of carbonyl (C=O) groups is 3. The summed E-state index contributed by atoms with van der Waals surface area (Å²) in [6, 6.07) is 8.72. The van der Waals surface area contributed by atoms with Crippen LogP contribution >= 0.6 is 0 Å². The lowest BCUT2D eigenvalue weighted by atomic mass is 10.1. The number of furan rings is 1. The molecule has 1 unspecified atom stereocenters. The van der Waals surface area contributed by atoms with E-state index in [0.717, 1.165) is 5.56 Å². The van der Waals surface area contributed by atoms with Crippen LogP contribution < -0.4 is 20.3 Å². The third kappa shape index (κ3) is 5.19. The number of nitrogens with zero attached hydrogens (tertiary/aromatic N) is 1. The highest BCUT2D eigenvalue weighted by atomic mass is 16.5. The second kappa shape index (κ2) is 9.64. The van der Waals surface area contributed by atoms with E-state index in [1.807, 2.05) is 0 Å². The number of rotatable bonds is 7. The Bertz CT molecular complexity index is 938. The summed E-state index contributed by atoms with van der Waals surface area (Å²) in [5.74, 6) is 0.178. The summed E-state index contributed by atoms with van der Waals surface area (Å²) in [7, 11) is 3.06. The number of benzene rings is 1. The quantitative estimate of drug-likeness (QED) is 0.526. The average Bonchev–Trinajstić information content (AvgIpc) is 3.40. The molecule has 0 radical (unpaired) electrons. The molecule has 1 aromatic heterocycles. The van der Waals surface area contributed by atoms with Crippen molar-refractivity contribution in [2.24, 2.45) is 5.92 Å². The van der Waals surface area contributed by atoms with Gasteiger partial charge in [-0.15, -0.1) is 0 Å². The number of hydrogen-bond acceptors (Lipinski definition) is 6. The number of hydrazine groups is 1. The van der Waals surface area contributed by atoms with Crippen molar-refractivity contribution >= 4 is 23.8 Å². The van der Waals surface area contributed by atoms with Gasteiger partial charge in [-0.05, 0) is 35.9 Å². The minimum Gasteiger partial charge on any atom is -0.493 e. The lowest BCUT2D eigenvalue weighted by molar-refractivity contribution is -0.130. The Morgan fingerprint density at radius 3 is 2.70 bits per heavy atom. The zero-order valence-electron chi connectivity index (χ0n) is 16.7. The molecule has 0 bridgehead atoms. The second-order valence-electron chi connectivity index (χ2n) is 6.68. The predicted molar refractivity (Wildman–Crippen MR) is 107 cm³/mol. The van der Waals surface area contributed by atoms with Gasteiger partial charge < -0.3 is 18.8 Å². The zero-order chi connectivity index (χ0) is 21.5. The molecule has 30 heavy (non-hydrogen) atoms. The average molecular weight is 413 g/mol. The van der Waals surface area contributed by atoms with E-state index >= 15 is 0 Å². The summed E-state index contributed by atoms with van der Waals surface area (Å²) in [6.07, 6.45) is 4.48.